The second-order valence-electron chi connectivity index (χ2n) is 3.48. The molecule has 1 aliphatic rings. The predicted octanol–water partition coefficient (Wildman–Crippen LogP) is 0.801. The van der Waals surface area contributed by atoms with Crippen LogP contribution in [0.1, 0.15) is 13.8 Å². The Bertz CT molecular complexity index is 114. The van der Waals surface area contributed by atoms with E-state index in [4.69, 9.17) is 0 Å². The fourth-order valence-corrected chi connectivity index (χ4v) is 1.25. The Hall–Kier alpha value is -0.150. The lowest BCUT2D eigenvalue weighted by Gasteiger charge is -2.30. The van der Waals surface area contributed by atoms with E-state index in [1.807, 2.05) is 4.90 Å². The summed E-state index contributed by atoms with van der Waals surface area (Å²) in [6, 6.07) is 0. The Kier molecular flexibility index (Phi) is 2.84. The van der Waals surface area contributed by atoms with Crippen LogP contribution < -0.4 is 5.32 Å². The molecule has 0 bridgehead atoms. The van der Waals surface area contributed by atoms with Crippen LogP contribution in [0.15, 0.2) is 0 Å². The molecule has 0 unspecified atom stereocenters. The van der Waals surface area contributed by atoms with Gasteiger partial charge in [-0.1, -0.05) is 0 Å². The highest BCUT2D eigenvalue weighted by molar-refractivity contribution is 4.87. The van der Waals surface area contributed by atoms with E-state index in [1.54, 1.807) is 20.4 Å². The van der Waals surface area contributed by atoms with Gasteiger partial charge in [0.15, 0.2) is 0 Å². The van der Waals surface area contributed by atoms with Crippen LogP contribution >= 0.6 is 0 Å². The third-order valence-electron chi connectivity index (χ3n) is 1.64. The topological polar surface area (TPSA) is 15.3 Å². The zero-order chi connectivity index (χ0) is 8.32. The van der Waals surface area contributed by atoms with Crippen molar-refractivity contribution in [1.82, 2.24) is 10.2 Å². The zero-order valence-electron chi connectivity index (χ0n) is 7.23. The number of nitrogens with zero attached hydrogens (tertiary/aromatic N) is 1. The van der Waals surface area contributed by atoms with Crippen molar-refractivity contribution in [3.8, 4) is 0 Å². The predicted molar refractivity (Wildman–Crippen MR) is 43.9 cm³/mol. The van der Waals surface area contributed by atoms with Crippen LogP contribution in [0.3, 0.4) is 0 Å². The van der Waals surface area contributed by atoms with Crippen LogP contribution in [-0.2, 0) is 0 Å². The second-order valence-corrected chi connectivity index (χ2v) is 3.48. The van der Waals surface area contributed by atoms with E-state index in [1.165, 1.54) is 0 Å². The summed E-state index contributed by atoms with van der Waals surface area (Å²) < 4.78 is 13.1. The Labute approximate surface area is 67.8 Å². The Balaban J connectivity index is 2.24. The minimum atomic E-state index is -1.17. The lowest BCUT2D eigenvalue weighted by Crippen LogP contribution is -2.44. The van der Waals surface area contributed by atoms with E-state index in [-0.39, 0.29) is 0 Å². The monoisotopic (exact) mass is 159 g/mol. The molecule has 1 rings (SSSR count). The Morgan fingerprint density at radius 2 is 1.91 bits per heavy atom. The maximum Gasteiger partial charge on any atom is 0.122 e. The van der Waals surface area contributed by atoms with Gasteiger partial charge in [0.25, 0.3) is 0 Å². The lowest BCUT2D eigenvalue weighted by molar-refractivity contribution is 0.167. The summed E-state index contributed by atoms with van der Waals surface area (Å²) in [5, 5.41) is 3.22. The van der Waals surface area contributed by atoms with E-state index < -0.39 is 5.67 Å². The molecule has 1 fully saturated rings. The van der Waals surface area contributed by atoms with Crippen molar-refractivity contribution in [3.63, 3.8) is 0 Å². The molecule has 1 radical (unpaired) electrons. The quantitative estimate of drug-likeness (QED) is 0.641. The van der Waals surface area contributed by atoms with Crippen LogP contribution in [0.25, 0.3) is 0 Å². The van der Waals surface area contributed by atoms with Crippen LogP contribution in [-0.4, -0.2) is 36.7 Å². The van der Waals surface area contributed by atoms with Gasteiger partial charge >= 0.3 is 0 Å². The number of alkyl halides is 1. The highest BCUT2D eigenvalue weighted by Crippen LogP contribution is 2.15. The molecule has 1 saturated heterocycles. The van der Waals surface area contributed by atoms with Crippen molar-refractivity contribution in [1.29, 1.82) is 0 Å². The summed E-state index contributed by atoms with van der Waals surface area (Å²) in [4.78, 5) is 2.04. The minimum absolute atomic E-state index is 0.924. The molecule has 0 aromatic rings. The van der Waals surface area contributed by atoms with Crippen molar-refractivity contribution in [3.05, 3.63) is 6.54 Å². The summed E-state index contributed by atoms with van der Waals surface area (Å²) in [5.74, 6) is 0. The van der Waals surface area contributed by atoms with Gasteiger partial charge in [-0.3, -0.25) is 4.90 Å². The van der Waals surface area contributed by atoms with Gasteiger partial charge in [0.05, 0.1) is 6.54 Å². The standard InChI is InChI=1S/C8H16FN2/c1-8(2,9)7-11-5-3-10-4-6-11/h7,10H,3-6H2,1-2H3. The molecule has 0 spiro atoms. The third kappa shape index (κ3) is 3.68. The van der Waals surface area contributed by atoms with Gasteiger partial charge < -0.3 is 5.32 Å². The first-order valence-electron chi connectivity index (χ1n) is 4.08. The summed E-state index contributed by atoms with van der Waals surface area (Å²) in [6.07, 6.45) is 0. The summed E-state index contributed by atoms with van der Waals surface area (Å²) in [7, 11) is 0. The van der Waals surface area contributed by atoms with E-state index in [2.05, 4.69) is 5.32 Å². The molecule has 0 aromatic heterocycles. The van der Waals surface area contributed by atoms with Gasteiger partial charge in [-0.15, -0.1) is 0 Å². The number of hydrogen-bond donors (Lipinski definition) is 1. The fraction of sp³-hybridized carbons (Fsp3) is 0.875. The molecule has 0 saturated carbocycles. The molecular formula is C8H16FN2. The average Bonchev–Trinajstić information content (AvgIpc) is 1.85. The molecule has 1 N–H and O–H groups in total. The maximum absolute atomic E-state index is 13.1. The van der Waals surface area contributed by atoms with Gasteiger partial charge in [0.1, 0.15) is 5.67 Å². The lowest BCUT2D eigenvalue weighted by atomic mass is 10.1. The first-order chi connectivity index (χ1) is 5.08. The largest absolute Gasteiger partial charge is 0.314 e. The van der Waals surface area contributed by atoms with Gasteiger partial charge in [-0.25, -0.2) is 4.39 Å². The molecule has 3 heteroatoms. The molecule has 0 amide bonds. The number of halogens is 1. The van der Waals surface area contributed by atoms with Crippen molar-refractivity contribution in [2.75, 3.05) is 26.2 Å². The molecule has 2 nitrogen and oxygen atoms in total. The fourth-order valence-electron chi connectivity index (χ4n) is 1.25. The first kappa shape index (κ1) is 8.94. The molecule has 11 heavy (non-hydrogen) atoms. The van der Waals surface area contributed by atoms with Crippen LogP contribution in [0, 0.1) is 6.54 Å². The smallest absolute Gasteiger partial charge is 0.122 e. The molecule has 0 aliphatic carbocycles. The van der Waals surface area contributed by atoms with Gasteiger partial charge in [-0.2, -0.15) is 0 Å². The van der Waals surface area contributed by atoms with Crippen molar-refractivity contribution < 1.29 is 4.39 Å². The van der Waals surface area contributed by atoms with Crippen LogP contribution in [0.5, 0.6) is 0 Å². The van der Waals surface area contributed by atoms with E-state index in [0.717, 1.165) is 26.2 Å². The summed E-state index contributed by atoms with van der Waals surface area (Å²) >= 11 is 0. The normalized spacial score (nSPS) is 22.1. The zero-order valence-corrected chi connectivity index (χ0v) is 7.23. The van der Waals surface area contributed by atoms with E-state index in [0.29, 0.717) is 0 Å². The molecule has 65 valence electrons. The Morgan fingerprint density at radius 3 is 2.36 bits per heavy atom. The average molecular weight is 159 g/mol. The van der Waals surface area contributed by atoms with Crippen molar-refractivity contribution >= 4 is 0 Å². The summed E-state index contributed by atoms with van der Waals surface area (Å²) in [6.45, 7) is 8.61. The molecular weight excluding hydrogens is 143 g/mol. The molecule has 0 atom stereocenters. The first-order valence-corrected chi connectivity index (χ1v) is 4.08. The summed E-state index contributed by atoms with van der Waals surface area (Å²) in [5.41, 5.74) is -1.17. The SMILES string of the molecule is CC(C)(F)[CH]N1CCNCC1. The van der Waals surface area contributed by atoms with Crippen molar-refractivity contribution in [2.24, 2.45) is 0 Å². The number of piperazine rings is 1. The third-order valence-corrected chi connectivity index (χ3v) is 1.64. The highest BCUT2D eigenvalue weighted by Gasteiger charge is 2.21. The van der Waals surface area contributed by atoms with Crippen molar-refractivity contribution in [2.45, 2.75) is 19.5 Å². The van der Waals surface area contributed by atoms with Crippen LogP contribution in [0.4, 0.5) is 4.39 Å². The highest BCUT2D eigenvalue weighted by atomic mass is 19.1. The van der Waals surface area contributed by atoms with Gasteiger partial charge in [-0.05, 0) is 13.8 Å². The number of nitrogens with one attached hydrogen (secondary N) is 1. The maximum atomic E-state index is 13.1. The van der Waals surface area contributed by atoms with Gasteiger partial charge in [0.2, 0.25) is 0 Å². The molecule has 1 heterocycles. The van der Waals surface area contributed by atoms with Crippen LogP contribution in [0.2, 0.25) is 0 Å². The number of rotatable bonds is 2. The van der Waals surface area contributed by atoms with E-state index >= 15 is 0 Å². The van der Waals surface area contributed by atoms with Gasteiger partial charge in [0, 0.05) is 26.2 Å². The molecule has 1 aliphatic heterocycles. The number of hydrogen-bond acceptors (Lipinski definition) is 2. The Morgan fingerprint density at radius 1 is 1.36 bits per heavy atom. The van der Waals surface area contributed by atoms with E-state index in [9.17, 15) is 4.39 Å². The molecule has 0 aromatic carbocycles. The minimum Gasteiger partial charge on any atom is -0.314 e. The second kappa shape index (κ2) is 3.50.